The number of nitrogens with zero attached hydrogens (tertiary/aromatic N) is 4. The van der Waals surface area contributed by atoms with Gasteiger partial charge in [-0.2, -0.15) is 0 Å². The van der Waals surface area contributed by atoms with Crippen molar-refractivity contribution in [2.45, 2.75) is 70.5 Å². The largest absolute Gasteiger partial charge is 0.347 e. The summed E-state index contributed by atoms with van der Waals surface area (Å²) in [5.74, 6) is 0. The fourth-order valence-corrected chi connectivity index (χ4v) is 5.86. The normalized spacial score (nSPS) is 20.5. The van der Waals surface area contributed by atoms with Crippen LogP contribution in [0.4, 0.5) is 5.13 Å². The van der Waals surface area contributed by atoms with Gasteiger partial charge in [-0.25, -0.2) is 0 Å². The third kappa shape index (κ3) is 3.90. The van der Waals surface area contributed by atoms with Crippen molar-refractivity contribution in [3.63, 3.8) is 0 Å². The second-order valence-electron chi connectivity index (χ2n) is 9.70. The molecule has 0 atom stereocenters. The van der Waals surface area contributed by atoms with Crippen molar-refractivity contribution >= 4 is 28.6 Å². The first-order chi connectivity index (χ1) is 13.6. The van der Waals surface area contributed by atoms with Crippen LogP contribution in [0, 0.1) is 0 Å². The zero-order valence-electron chi connectivity index (χ0n) is 18.2. The molecule has 1 saturated heterocycles. The van der Waals surface area contributed by atoms with Crippen molar-refractivity contribution < 1.29 is 0 Å². The molecule has 1 N–H and O–H groups in total. The second-order valence-corrected chi connectivity index (χ2v) is 10.7. The maximum atomic E-state index is 12.9. The highest BCUT2D eigenvalue weighted by Crippen LogP contribution is 2.35. The summed E-state index contributed by atoms with van der Waals surface area (Å²) in [6.45, 7) is 9.02. The molecule has 2 aliphatic rings. The number of hydrogen-bond acceptors (Lipinski definition) is 6. The Morgan fingerprint density at radius 1 is 1.14 bits per heavy atom. The number of rotatable bonds is 3. The maximum absolute atomic E-state index is 12.9. The van der Waals surface area contributed by atoms with Gasteiger partial charge in [0.1, 0.15) is 0 Å². The molecule has 7 heteroatoms. The van der Waals surface area contributed by atoms with E-state index in [1.54, 1.807) is 4.57 Å². The third-order valence-corrected chi connectivity index (χ3v) is 7.07. The van der Waals surface area contributed by atoms with E-state index in [0.717, 1.165) is 41.4 Å². The summed E-state index contributed by atoms with van der Waals surface area (Å²) >= 11 is 1.51. The monoisotopic (exact) mass is 413 g/mol. The number of anilines is 1. The minimum atomic E-state index is -0.00946. The molecular formula is C22H31N5OS. The average Bonchev–Trinajstić information content (AvgIpc) is 3.11. The lowest BCUT2D eigenvalue weighted by Gasteiger charge is -2.48. The first-order valence-electron chi connectivity index (χ1n) is 10.3. The molecule has 0 bridgehead atoms. The van der Waals surface area contributed by atoms with Crippen molar-refractivity contribution in [2.75, 3.05) is 11.9 Å². The molecule has 4 rings (SSSR count). The predicted molar refractivity (Wildman–Crippen MR) is 121 cm³/mol. The van der Waals surface area contributed by atoms with E-state index >= 15 is 0 Å². The van der Waals surface area contributed by atoms with Crippen LogP contribution in [0.1, 0.15) is 53.4 Å². The van der Waals surface area contributed by atoms with Crippen molar-refractivity contribution in [1.82, 2.24) is 20.1 Å². The minimum Gasteiger partial charge on any atom is -0.347 e. The smallest absolute Gasteiger partial charge is 0.261 e. The molecule has 2 aromatic heterocycles. The number of piperidine rings is 1. The zero-order valence-corrected chi connectivity index (χ0v) is 19.1. The van der Waals surface area contributed by atoms with Crippen molar-refractivity contribution in [1.29, 1.82) is 0 Å². The Morgan fingerprint density at radius 2 is 1.79 bits per heavy atom. The van der Waals surface area contributed by atoms with E-state index in [2.05, 4.69) is 67.3 Å². The molecule has 0 amide bonds. The fraction of sp³-hybridized carbons (Fsp3) is 0.591. The molecular weight excluding hydrogens is 382 g/mol. The van der Waals surface area contributed by atoms with E-state index in [0.29, 0.717) is 16.6 Å². The molecule has 0 radical (unpaired) electrons. The lowest BCUT2D eigenvalue weighted by Crippen LogP contribution is -2.61. The predicted octanol–water partition coefficient (Wildman–Crippen LogP) is 2.00. The van der Waals surface area contributed by atoms with Crippen LogP contribution < -0.4 is 26.3 Å². The summed E-state index contributed by atoms with van der Waals surface area (Å²) in [4.78, 5) is 15.2. The molecule has 1 aliphatic heterocycles. The first kappa shape index (κ1) is 20.3. The molecule has 0 unspecified atom stereocenters. The van der Waals surface area contributed by atoms with Crippen LogP contribution in [-0.4, -0.2) is 38.9 Å². The summed E-state index contributed by atoms with van der Waals surface area (Å²) in [7, 11) is 3.94. The van der Waals surface area contributed by atoms with Gasteiger partial charge in [-0.05, 0) is 64.7 Å². The number of nitrogens with one attached hydrogen (secondary N) is 1. The van der Waals surface area contributed by atoms with Gasteiger partial charge < -0.3 is 14.8 Å². The van der Waals surface area contributed by atoms with Crippen LogP contribution in [0.15, 0.2) is 10.9 Å². The summed E-state index contributed by atoms with van der Waals surface area (Å²) in [5.41, 5.74) is 0.759. The van der Waals surface area contributed by atoms with Crippen LogP contribution in [0.2, 0.25) is 0 Å². The summed E-state index contributed by atoms with van der Waals surface area (Å²) < 4.78 is 1.74. The number of hydrogen-bond donors (Lipinski definition) is 1. The van der Waals surface area contributed by atoms with Gasteiger partial charge >= 0.3 is 0 Å². The highest BCUT2D eigenvalue weighted by molar-refractivity contribution is 7.18. The summed E-state index contributed by atoms with van der Waals surface area (Å²) in [6.07, 6.45) is 8.40. The van der Waals surface area contributed by atoms with Crippen LogP contribution in [0.3, 0.4) is 0 Å². The highest BCUT2D eigenvalue weighted by atomic mass is 32.1. The van der Waals surface area contributed by atoms with E-state index in [1.807, 2.05) is 13.1 Å². The molecule has 2 aromatic rings. The van der Waals surface area contributed by atoms with Crippen LogP contribution in [0.25, 0.3) is 22.7 Å². The Hall–Kier alpha value is -1.99. The lowest BCUT2D eigenvalue weighted by atomic mass is 9.79. The minimum absolute atomic E-state index is 0.00946. The van der Waals surface area contributed by atoms with Gasteiger partial charge in [0.2, 0.25) is 5.13 Å². The lowest BCUT2D eigenvalue weighted by molar-refractivity contribution is 0.161. The molecule has 6 nitrogen and oxygen atoms in total. The third-order valence-electron chi connectivity index (χ3n) is 6.02. The summed E-state index contributed by atoms with van der Waals surface area (Å²) in [6, 6.07) is 2.35. The molecule has 1 fully saturated rings. The van der Waals surface area contributed by atoms with Crippen molar-refractivity contribution in [3.05, 3.63) is 27.0 Å². The second kappa shape index (κ2) is 7.06. The molecule has 0 aromatic carbocycles. The molecule has 3 heterocycles. The number of pyridine rings is 1. The van der Waals surface area contributed by atoms with E-state index in [9.17, 15) is 4.79 Å². The van der Waals surface area contributed by atoms with Gasteiger partial charge in [-0.1, -0.05) is 23.5 Å². The van der Waals surface area contributed by atoms with E-state index < -0.39 is 0 Å². The first-order valence-corrected chi connectivity index (χ1v) is 11.1. The fourth-order valence-electron chi connectivity index (χ4n) is 4.97. The number of aromatic nitrogens is 3. The van der Waals surface area contributed by atoms with Gasteiger partial charge in [-0.15, -0.1) is 10.2 Å². The molecule has 29 heavy (non-hydrogen) atoms. The standard InChI is InChI=1S/C22H31N5OS/c1-21(2)12-15(13-22(3,4)25-21)26(5)20-24-23-18(29-20)16-11-14-9-7-8-10-17(14)27(6)19(16)28/h9-11,15,25H,7-8,12-13H2,1-6H3. The van der Waals surface area contributed by atoms with Crippen LogP contribution in [0.5, 0.6) is 0 Å². The maximum Gasteiger partial charge on any atom is 0.261 e. The molecule has 1 aliphatic carbocycles. The topological polar surface area (TPSA) is 63.1 Å². The number of fused-ring (bicyclic) bond motifs is 1. The van der Waals surface area contributed by atoms with Gasteiger partial charge in [0.05, 0.1) is 5.56 Å². The van der Waals surface area contributed by atoms with Gasteiger partial charge in [0.15, 0.2) is 5.01 Å². The van der Waals surface area contributed by atoms with Crippen LogP contribution >= 0.6 is 11.3 Å². The quantitative estimate of drug-likeness (QED) is 0.834. The van der Waals surface area contributed by atoms with E-state index in [1.165, 1.54) is 11.3 Å². The van der Waals surface area contributed by atoms with E-state index in [4.69, 9.17) is 0 Å². The Balaban J connectivity index is 1.68. The summed E-state index contributed by atoms with van der Waals surface area (Å²) in [5, 5.41) is 16.3. The molecule has 0 saturated carbocycles. The van der Waals surface area contributed by atoms with Crippen molar-refractivity contribution in [3.8, 4) is 10.6 Å². The zero-order chi connectivity index (χ0) is 21.0. The van der Waals surface area contributed by atoms with E-state index in [-0.39, 0.29) is 16.6 Å². The average molecular weight is 414 g/mol. The molecule has 156 valence electrons. The highest BCUT2D eigenvalue weighted by Gasteiger charge is 2.39. The van der Waals surface area contributed by atoms with Gasteiger partial charge in [-0.3, -0.25) is 4.79 Å². The Morgan fingerprint density at radius 3 is 2.48 bits per heavy atom. The Bertz CT molecular complexity index is 1100. The van der Waals surface area contributed by atoms with Crippen molar-refractivity contribution in [2.24, 2.45) is 7.05 Å². The SMILES string of the molecule is CN(c1nnc(-c2cc3c(n(C)c2=O)=CCCC=3)s1)C1CC(C)(C)NC(C)(C)C1. The van der Waals surface area contributed by atoms with Gasteiger partial charge in [0.25, 0.3) is 5.56 Å². The molecule has 0 spiro atoms. The van der Waals surface area contributed by atoms with Crippen LogP contribution in [-0.2, 0) is 7.05 Å². The van der Waals surface area contributed by atoms with Gasteiger partial charge in [0, 0.05) is 36.6 Å². The Labute approximate surface area is 176 Å². The Kier molecular flexibility index (Phi) is 4.94.